The van der Waals surface area contributed by atoms with Crippen LogP contribution in [0.4, 0.5) is 8.78 Å². The van der Waals surface area contributed by atoms with Crippen molar-refractivity contribution in [1.82, 2.24) is 4.98 Å². The maximum Gasteiger partial charge on any atom is 0.137 e. The van der Waals surface area contributed by atoms with Gasteiger partial charge in [0.2, 0.25) is 0 Å². The van der Waals surface area contributed by atoms with Crippen LogP contribution in [-0.2, 0) is 6.61 Å². The number of rotatable bonds is 3. The molecular formula is C12H9F2NOS. The van der Waals surface area contributed by atoms with Gasteiger partial charge < -0.3 is 5.11 Å². The van der Waals surface area contributed by atoms with E-state index in [2.05, 4.69) is 4.98 Å². The molecule has 17 heavy (non-hydrogen) atoms. The largest absolute Gasteiger partial charge is 0.392 e. The summed E-state index contributed by atoms with van der Waals surface area (Å²) in [6.45, 7) is -0.187. The molecule has 88 valence electrons. The zero-order chi connectivity index (χ0) is 12.3. The van der Waals surface area contributed by atoms with E-state index in [0.29, 0.717) is 10.6 Å². The summed E-state index contributed by atoms with van der Waals surface area (Å²) in [6.07, 6.45) is 1.54. The molecule has 0 radical (unpaired) electrons. The smallest absolute Gasteiger partial charge is 0.137 e. The van der Waals surface area contributed by atoms with Crippen LogP contribution in [0.25, 0.3) is 0 Å². The van der Waals surface area contributed by atoms with Gasteiger partial charge in [-0.25, -0.2) is 13.8 Å². The Balaban J connectivity index is 2.34. The molecule has 0 amide bonds. The molecule has 1 aromatic heterocycles. The van der Waals surface area contributed by atoms with Gasteiger partial charge in [-0.2, -0.15) is 0 Å². The molecule has 0 bridgehead atoms. The molecule has 2 nitrogen and oxygen atoms in total. The fraction of sp³-hybridized carbons (Fsp3) is 0.0833. The summed E-state index contributed by atoms with van der Waals surface area (Å²) in [5.41, 5.74) is 0.584. The third-order valence-electron chi connectivity index (χ3n) is 2.12. The Labute approximate surface area is 101 Å². The van der Waals surface area contributed by atoms with E-state index in [1.165, 1.54) is 0 Å². The van der Waals surface area contributed by atoms with E-state index in [9.17, 15) is 8.78 Å². The lowest BCUT2D eigenvalue weighted by Crippen LogP contribution is -1.91. The number of aliphatic hydroxyl groups excluding tert-OH is 1. The van der Waals surface area contributed by atoms with Gasteiger partial charge in [0.05, 0.1) is 11.5 Å². The number of hydrogen-bond acceptors (Lipinski definition) is 3. The van der Waals surface area contributed by atoms with Crippen molar-refractivity contribution in [3.8, 4) is 0 Å². The fourth-order valence-corrected chi connectivity index (χ4v) is 2.22. The molecule has 0 fully saturated rings. The first-order valence-electron chi connectivity index (χ1n) is 4.88. The van der Waals surface area contributed by atoms with Crippen LogP contribution in [0.5, 0.6) is 0 Å². The lowest BCUT2D eigenvalue weighted by Gasteiger charge is -2.06. The third kappa shape index (κ3) is 2.81. The van der Waals surface area contributed by atoms with Crippen LogP contribution < -0.4 is 0 Å². The van der Waals surface area contributed by atoms with E-state index >= 15 is 0 Å². The van der Waals surface area contributed by atoms with Gasteiger partial charge in [-0.3, -0.25) is 0 Å². The zero-order valence-corrected chi connectivity index (χ0v) is 9.55. The maximum atomic E-state index is 13.4. The van der Waals surface area contributed by atoms with Crippen molar-refractivity contribution >= 4 is 11.8 Å². The molecule has 2 rings (SSSR count). The zero-order valence-electron chi connectivity index (χ0n) is 8.73. The summed E-state index contributed by atoms with van der Waals surface area (Å²) in [4.78, 5) is 4.18. The Morgan fingerprint density at radius 3 is 2.82 bits per heavy atom. The summed E-state index contributed by atoms with van der Waals surface area (Å²) < 4.78 is 26.4. The number of aromatic nitrogens is 1. The molecule has 0 unspecified atom stereocenters. The average molecular weight is 253 g/mol. The Morgan fingerprint density at radius 1 is 1.24 bits per heavy atom. The third-order valence-corrected chi connectivity index (χ3v) is 3.21. The maximum absolute atomic E-state index is 13.4. The van der Waals surface area contributed by atoms with E-state index in [4.69, 9.17) is 5.11 Å². The average Bonchev–Trinajstić information content (AvgIpc) is 2.34. The molecule has 0 spiro atoms. The highest BCUT2D eigenvalue weighted by Gasteiger charge is 2.09. The Kier molecular flexibility index (Phi) is 3.71. The first-order valence-corrected chi connectivity index (χ1v) is 5.70. The van der Waals surface area contributed by atoms with Crippen molar-refractivity contribution in [2.45, 2.75) is 16.5 Å². The van der Waals surface area contributed by atoms with E-state index in [1.807, 2.05) is 0 Å². The highest BCUT2D eigenvalue weighted by Crippen LogP contribution is 2.31. The van der Waals surface area contributed by atoms with E-state index in [1.54, 1.807) is 18.3 Å². The van der Waals surface area contributed by atoms with Crippen LogP contribution in [0, 0.1) is 11.6 Å². The minimum absolute atomic E-state index is 0.151. The number of pyridine rings is 1. The van der Waals surface area contributed by atoms with Crippen molar-refractivity contribution in [2.24, 2.45) is 0 Å². The summed E-state index contributed by atoms with van der Waals surface area (Å²) in [7, 11) is 0. The summed E-state index contributed by atoms with van der Waals surface area (Å²) in [6, 6.07) is 6.60. The standard InChI is InChI=1S/C12H9F2NOS/c13-9-3-4-10(14)11(6-9)17-12-8(7-16)2-1-5-15-12/h1-6,16H,7H2. The Morgan fingerprint density at radius 2 is 2.06 bits per heavy atom. The minimum atomic E-state index is -0.508. The second-order valence-corrected chi connectivity index (χ2v) is 4.33. The molecule has 1 heterocycles. The number of nitrogens with zero attached hydrogens (tertiary/aromatic N) is 1. The molecule has 0 aliphatic heterocycles. The van der Waals surface area contributed by atoms with Crippen LogP contribution in [-0.4, -0.2) is 10.1 Å². The number of aliphatic hydroxyl groups is 1. The monoisotopic (exact) mass is 253 g/mol. The quantitative estimate of drug-likeness (QED) is 0.912. The van der Waals surface area contributed by atoms with Crippen molar-refractivity contribution in [1.29, 1.82) is 0 Å². The van der Waals surface area contributed by atoms with Crippen molar-refractivity contribution in [2.75, 3.05) is 0 Å². The van der Waals surface area contributed by atoms with Gasteiger partial charge in [0.25, 0.3) is 0 Å². The molecule has 0 saturated heterocycles. The molecular weight excluding hydrogens is 244 g/mol. The van der Waals surface area contributed by atoms with E-state index in [0.717, 1.165) is 30.0 Å². The molecule has 0 saturated carbocycles. The van der Waals surface area contributed by atoms with Gasteiger partial charge in [0.1, 0.15) is 16.7 Å². The topological polar surface area (TPSA) is 33.1 Å². The Hall–Kier alpha value is -1.46. The molecule has 0 atom stereocenters. The van der Waals surface area contributed by atoms with Gasteiger partial charge in [-0.1, -0.05) is 17.8 Å². The molecule has 0 aliphatic rings. The Bertz CT molecular complexity index is 534. The van der Waals surface area contributed by atoms with Gasteiger partial charge in [-0.05, 0) is 24.3 Å². The summed E-state index contributed by atoms with van der Waals surface area (Å²) in [5, 5.41) is 9.57. The van der Waals surface area contributed by atoms with Gasteiger partial charge in [0, 0.05) is 11.8 Å². The molecule has 1 N–H and O–H groups in total. The van der Waals surface area contributed by atoms with Crippen molar-refractivity contribution in [3.63, 3.8) is 0 Å². The molecule has 1 aromatic carbocycles. The highest BCUT2D eigenvalue weighted by atomic mass is 32.2. The summed E-state index contributed by atoms with van der Waals surface area (Å²) >= 11 is 0.993. The fourth-order valence-electron chi connectivity index (χ4n) is 1.30. The lowest BCUT2D eigenvalue weighted by atomic mass is 10.3. The van der Waals surface area contributed by atoms with Gasteiger partial charge >= 0.3 is 0 Å². The summed E-state index contributed by atoms with van der Waals surface area (Å²) in [5.74, 6) is -1.01. The number of hydrogen-bond donors (Lipinski definition) is 1. The minimum Gasteiger partial charge on any atom is -0.392 e. The molecule has 5 heteroatoms. The normalized spacial score (nSPS) is 10.5. The first-order chi connectivity index (χ1) is 8.20. The van der Waals surface area contributed by atoms with E-state index < -0.39 is 11.6 Å². The van der Waals surface area contributed by atoms with Gasteiger partial charge in [-0.15, -0.1) is 0 Å². The molecule has 2 aromatic rings. The number of halogens is 2. The van der Waals surface area contributed by atoms with Crippen LogP contribution in [0.3, 0.4) is 0 Å². The number of benzene rings is 1. The predicted molar refractivity (Wildman–Crippen MR) is 60.6 cm³/mol. The van der Waals surface area contributed by atoms with Crippen molar-refractivity contribution in [3.05, 3.63) is 53.7 Å². The highest BCUT2D eigenvalue weighted by molar-refractivity contribution is 7.99. The van der Waals surface area contributed by atoms with Crippen LogP contribution >= 0.6 is 11.8 Å². The van der Waals surface area contributed by atoms with Crippen LogP contribution in [0.1, 0.15) is 5.56 Å². The van der Waals surface area contributed by atoms with Crippen LogP contribution in [0.2, 0.25) is 0 Å². The van der Waals surface area contributed by atoms with Crippen molar-refractivity contribution < 1.29 is 13.9 Å². The lowest BCUT2D eigenvalue weighted by molar-refractivity contribution is 0.278. The SMILES string of the molecule is OCc1cccnc1Sc1cc(F)ccc1F. The second kappa shape index (κ2) is 5.25. The van der Waals surface area contributed by atoms with Gasteiger partial charge in [0.15, 0.2) is 0 Å². The van der Waals surface area contributed by atoms with Crippen LogP contribution in [0.15, 0.2) is 46.5 Å². The predicted octanol–water partition coefficient (Wildman–Crippen LogP) is 3.00. The second-order valence-electron chi connectivity index (χ2n) is 3.30. The van der Waals surface area contributed by atoms with E-state index in [-0.39, 0.29) is 11.5 Å². The molecule has 0 aliphatic carbocycles. The first kappa shape index (κ1) is 12.0.